The van der Waals surface area contributed by atoms with Crippen LogP contribution >= 0.6 is 0 Å². The molecule has 0 unspecified atom stereocenters. The van der Waals surface area contributed by atoms with Gasteiger partial charge in [-0.15, -0.1) is 0 Å². The number of fused-ring (bicyclic) bond motifs is 3. The quantitative estimate of drug-likeness (QED) is 0.267. The molecule has 2 aromatic carbocycles. The number of benzene rings is 2. The monoisotopic (exact) mass is 512 g/mol. The molecule has 192 valence electrons. The van der Waals surface area contributed by atoms with Crippen molar-refractivity contribution in [2.75, 3.05) is 30.0 Å². The van der Waals surface area contributed by atoms with Crippen LogP contribution in [-0.2, 0) is 11.2 Å². The number of carboxylic acids is 1. The maximum absolute atomic E-state index is 14.0. The smallest absolute Gasteiger partial charge is 0.328 e. The number of anilines is 3. The van der Waals surface area contributed by atoms with Crippen molar-refractivity contribution in [3.8, 4) is 5.75 Å². The topological polar surface area (TPSA) is 95.9 Å². The average Bonchev–Trinajstić information content (AvgIpc) is 3.00. The van der Waals surface area contributed by atoms with Gasteiger partial charge in [-0.25, -0.2) is 9.78 Å². The summed E-state index contributed by atoms with van der Waals surface area (Å²) in [5.41, 5.74) is 2.51. The molecule has 0 bridgehead atoms. The first-order chi connectivity index (χ1) is 18.4. The average molecular weight is 513 g/mol. The van der Waals surface area contributed by atoms with E-state index in [-0.39, 0.29) is 5.91 Å². The number of carboxylic acid groups (broad SMARTS) is 1. The fourth-order valence-electron chi connectivity index (χ4n) is 4.59. The lowest BCUT2D eigenvalue weighted by molar-refractivity contribution is -0.131. The molecular formula is C29H25FN4O4. The Morgan fingerprint density at radius 2 is 1.89 bits per heavy atom. The van der Waals surface area contributed by atoms with Crippen molar-refractivity contribution in [1.82, 2.24) is 9.97 Å². The van der Waals surface area contributed by atoms with Crippen molar-refractivity contribution < 1.29 is 23.8 Å². The van der Waals surface area contributed by atoms with Crippen LogP contribution in [0.15, 0.2) is 66.9 Å². The summed E-state index contributed by atoms with van der Waals surface area (Å²) in [6, 6.07) is 15.9. The van der Waals surface area contributed by atoms with Crippen LogP contribution in [-0.4, -0.2) is 47.2 Å². The third-order valence-electron chi connectivity index (χ3n) is 6.44. The zero-order chi connectivity index (χ0) is 26.8. The normalized spacial score (nSPS) is 13.0. The van der Waals surface area contributed by atoms with Crippen LogP contribution in [0, 0.1) is 5.95 Å². The largest absolute Gasteiger partial charge is 0.493 e. The summed E-state index contributed by atoms with van der Waals surface area (Å²) in [4.78, 5) is 36.1. The first-order valence-electron chi connectivity index (χ1n) is 12.1. The number of carbonyl (C=O) groups excluding carboxylic acids is 1. The number of carbonyl (C=O) groups is 2. The second-order valence-corrected chi connectivity index (χ2v) is 8.77. The third-order valence-corrected chi connectivity index (χ3v) is 6.44. The van der Waals surface area contributed by atoms with Crippen LogP contribution in [0.2, 0.25) is 0 Å². The van der Waals surface area contributed by atoms with Gasteiger partial charge in [0.2, 0.25) is 5.95 Å². The number of amides is 1. The Bertz CT molecular complexity index is 1590. The van der Waals surface area contributed by atoms with Gasteiger partial charge in [0.15, 0.2) is 5.82 Å². The fourth-order valence-corrected chi connectivity index (χ4v) is 4.59. The highest BCUT2D eigenvalue weighted by molar-refractivity contribution is 6.12. The number of halogens is 1. The lowest BCUT2D eigenvalue weighted by atomic mass is 10.0. The van der Waals surface area contributed by atoms with Crippen molar-refractivity contribution in [3.63, 3.8) is 0 Å². The maximum atomic E-state index is 14.0. The summed E-state index contributed by atoms with van der Waals surface area (Å²) in [5.74, 6) is -0.438. The van der Waals surface area contributed by atoms with Crippen LogP contribution in [0.25, 0.3) is 16.8 Å². The molecule has 0 atom stereocenters. The van der Waals surface area contributed by atoms with Gasteiger partial charge in [-0.2, -0.15) is 9.37 Å². The van der Waals surface area contributed by atoms with E-state index in [1.807, 2.05) is 43.3 Å². The molecule has 0 spiro atoms. The second-order valence-electron chi connectivity index (χ2n) is 8.77. The standard InChI is InChI=1S/C29H25FN4O4/c1-3-34-27-22(29(37)33(2)23-11-12-25(30)32-28(23)34)16-18(17-31-27)14-15-38-24-9-5-7-20-19(10-13-26(35)36)6-4-8-21(20)24/h4-13,16-17H,3,14-15H2,1-2H3,(H,35,36)/b13-10+. The highest BCUT2D eigenvalue weighted by atomic mass is 19.1. The summed E-state index contributed by atoms with van der Waals surface area (Å²) < 4.78 is 20.1. The summed E-state index contributed by atoms with van der Waals surface area (Å²) in [7, 11) is 1.64. The molecule has 1 N–H and O–H groups in total. The summed E-state index contributed by atoms with van der Waals surface area (Å²) in [5, 5.41) is 10.7. The SMILES string of the molecule is CCN1c2ncc(CCOc3cccc4c(/C=C/C(=O)O)cccc34)cc2C(=O)N(C)c2ccc(F)nc21. The number of aliphatic carboxylic acids is 1. The number of pyridine rings is 2. The Morgan fingerprint density at radius 3 is 2.68 bits per heavy atom. The molecular weight excluding hydrogens is 487 g/mol. The fraction of sp³-hybridized carbons (Fsp3) is 0.172. The molecule has 0 radical (unpaired) electrons. The van der Waals surface area contributed by atoms with E-state index in [1.54, 1.807) is 36.4 Å². The molecule has 9 heteroatoms. The van der Waals surface area contributed by atoms with Gasteiger partial charge in [-0.1, -0.05) is 30.3 Å². The minimum atomic E-state index is -1.01. The number of hydrogen-bond acceptors (Lipinski definition) is 6. The van der Waals surface area contributed by atoms with E-state index in [0.717, 1.165) is 28.0 Å². The Hall–Kier alpha value is -4.79. The van der Waals surface area contributed by atoms with E-state index in [1.165, 1.54) is 11.0 Å². The van der Waals surface area contributed by atoms with Gasteiger partial charge in [-0.05, 0) is 53.8 Å². The predicted octanol–water partition coefficient (Wildman–Crippen LogP) is 5.24. The van der Waals surface area contributed by atoms with E-state index in [4.69, 9.17) is 9.84 Å². The Balaban J connectivity index is 1.39. The van der Waals surface area contributed by atoms with Gasteiger partial charge in [0.25, 0.3) is 5.91 Å². The van der Waals surface area contributed by atoms with E-state index < -0.39 is 11.9 Å². The summed E-state index contributed by atoms with van der Waals surface area (Å²) in [6.45, 7) is 2.69. The summed E-state index contributed by atoms with van der Waals surface area (Å²) in [6.07, 6.45) is 4.86. The third kappa shape index (κ3) is 4.66. The molecule has 5 rings (SSSR count). The maximum Gasteiger partial charge on any atom is 0.328 e. The Labute approximate surface area is 218 Å². The first-order valence-corrected chi connectivity index (χ1v) is 12.1. The van der Waals surface area contributed by atoms with Crippen molar-refractivity contribution >= 4 is 46.0 Å². The summed E-state index contributed by atoms with van der Waals surface area (Å²) >= 11 is 0. The lowest BCUT2D eigenvalue weighted by Crippen LogP contribution is -2.25. The van der Waals surface area contributed by atoms with E-state index in [9.17, 15) is 14.0 Å². The molecule has 0 saturated carbocycles. The van der Waals surface area contributed by atoms with Crippen LogP contribution in [0.4, 0.5) is 21.7 Å². The minimum Gasteiger partial charge on any atom is -0.493 e. The molecule has 1 aliphatic heterocycles. The van der Waals surface area contributed by atoms with Crippen LogP contribution < -0.4 is 14.5 Å². The number of ether oxygens (including phenoxy) is 1. The molecule has 1 aliphatic rings. The van der Waals surface area contributed by atoms with E-state index in [2.05, 4.69) is 9.97 Å². The molecule has 0 fully saturated rings. The number of hydrogen-bond donors (Lipinski definition) is 1. The lowest BCUT2D eigenvalue weighted by Gasteiger charge is -2.22. The zero-order valence-corrected chi connectivity index (χ0v) is 20.9. The van der Waals surface area contributed by atoms with E-state index in [0.29, 0.717) is 48.2 Å². The highest BCUT2D eigenvalue weighted by Crippen LogP contribution is 2.38. The highest BCUT2D eigenvalue weighted by Gasteiger charge is 2.31. The van der Waals surface area contributed by atoms with Gasteiger partial charge in [-0.3, -0.25) is 4.79 Å². The minimum absolute atomic E-state index is 0.253. The molecule has 3 heterocycles. The number of aromatic nitrogens is 2. The zero-order valence-electron chi connectivity index (χ0n) is 20.9. The van der Waals surface area contributed by atoms with E-state index >= 15 is 0 Å². The molecule has 2 aromatic heterocycles. The molecule has 1 amide bonds. The molecule has 0 aliphatic carbocycles. The molecule has 4 aromatic rings. The van der Waals surface area contributed by atoms with Crippen LogP contribution in [0.5, 0.6) is 5.75 Å². The second kappa shape index (κ2) is 10.3. The predicted molar refractivity (Wildman–Crippen MR) is 144 cm³/mol. The Kier molecular flexibility index (Phi) is 6.74. The van der Waals surface area contributed by atoms with Crippen molar-refractivity contribution in [3.05, 3.63) is 89.5 Å². The van der Waals surface area contributed by atoms with Gasteiger partial charge in [0.1, 0.15) is 11.6 Å². The van der Waals surface area contributed by atoms with Gasteiger partial charge < -0.3 is 19.6 Å². The molecule has 8 nitrogen and oxygen atoms in total. The van der Waals surface area contributed by atoms with Gasteiger partial charge >= 0.3 is 5.97 Å². The molecule has 0 saturated heterocycles. The molecule has 38 heavy (non-hydrogen) atoms. The number of rotatable bonds is 7. The van der Waals surface area contributed by atoms with Crippen molar-refractivity contribution in [2.24, 2.45) is 0 Å². The van der Waals surface area contributed by atoms with Gasteiger partial charge in [0, 0.05) is 37.7 Å². The van der Waals surface area contributed by atoms with Crippen LogP contribution in [0.3, 0.4) is 0 Å². The first kappa shape index (κ1) is 24.9. The van der Waals surface area contributed by atoms with Gasteiger partial charge in [0.05, 0.1) is 17.9 Å². The van der Waals surface area contributed by atoms with Crippen molar-refractivity contribution in [1.29, 1.82) is 0 Å². The Morgan fingerprint density at radius 1 is 1.11 bits per heavy atom. The van der Waals surface area contributed by atoms with Crippen LogP contribution in [0.1, 0.15) is 28.4 Å². The number of nitrogens with zero attached hydrogens (tertiary/aromatic N) is 4. The van der Waals surface area contributed by atoms with Crippen molar-refractivity contribution in [2.45, 2.75) is 13.3 Å².